The lowest BCUT2D eigenvalue weighted by Gasteiger charge is -2.31. The van der Waals surface area contributed by atoms with Gasteiger partial charge in [0.25, 0.3) is 0 Å². The second kappa shape index (κ2) is 5.02. The van der Waals surface area contributed by atoms with E-state index in [9.17, 15) is 5.11 Å². The van der Waals surface area contributed by atoms with E-state index in [0.717, 1.165) is 27.4 Å². The minimum Gasteiger partial charge on any atom is -0.388 e. The van der Waals surface area contributed by atoms with E-state index in [4.69, 9.17) is 0 Å². The Hall–Kier alpha value is 0.140. The number of hydrogen-bond donors (Lipinski definition) is 1. The highest BCUT2D eigenvalue weighted by atomic mass is 79.9. The summed E-state index contributed by atoms with van der Waals surface area (Å²) >= 11 is 7.12. The smallest absolute Gasteiger partial charge is 0.0854 e. The van der Waals surface area contributed by atoms with E-state index in [1.54, 1.807) is 0 Å². The van der Waals surface area contributed by atoms with Crippen LogP contribution in [0.15, 0.2) is 21.1 Å². The highest BCUT2D eigenvalue weighted by Crippen LogP contribution is 2.48. The summed E-state index contributed by atoms with van der Waals surface area (Å²) in [6, 6.07) is 4.12. The summed E-state index contributed by atoms with van der Waals surface area (Å²) in [6.45, 7) is 4.26. The zero-order valence-electron chi connectivity index (χ0n) is 10.3. The number of benzene rings is 1. The maximum Gasteiger partial charge on any atom is 0.0854 e. The molecular weight excluding hydrogens is 344 g/mol. The van der Waals surface area contributed by atoms with Crippen LogP contribution in [0.25, 0.3) is 0 Å². The van der Waals surface area contributed by atoms with Crippen molar-refractivity contribution in [1.29, 1.82) is 0 Å². The van der Waals surface area contributed by atoms with Gasteiger partial charge < -0.3 is 5.11 Å². The average molecular weight is 362 g/mol. The summed E-state index contributed by atoms with van der Waals surface area (Å²) in [6.07, 6.45) is 4.32. The van der Waals surface area contributed by atoms with Crippen LogP contribution in [0, 0.1) is 12.3 Å². The first-order valence-electron chi connectivity index (χ1n) is 6.08. The largest absolute Gasteiger partial charge is 0.388 e. The predicted molar refractivity (Wildman–Crippen MR) is 78.1 cm³/mol. The van der Waals surface area contributed by atoms with Gasteiger partial charge in [0.15, 0.2) is 0 Å². The first-order chi connectivity index (χ1) is 7.94. The second-order valence-corrected chi connectivity index (χ2v) is 7.10. The van der Waals surface area contributed by atoms with Crippen molar-refractivity contribution in [2.24, 2.45) is 5.41 Å². The van der Waals surface area contributed by atoms with Crippen molar-refractivity contribution in [3.8, 4) is 0 Å². The van der Waals surface area contributed by atoms with Crippen LogP contribution in [0.2, 0.25) is 0 Å². The van der Waals surface area contributed by atoms with Gasteiger partial charge in [-0.1, -0.05) is 51.6 Å². The summed E-state index contributed by atoms with van der Waals surface area (Å²) in [5.41, 5.74) is 2.23. The highest BCUT2D eigenvalue weighted by molar-refractivity contribution is 9.11. The Morgan fingerprint density at radius 3 is 2.35 bits per heavy atom. The highest BCUT2D eigenvalue weighted by Gasteiger charge is 2.37. The molecule has 3 heteroatoms. The van der Waals surface area contributed by atoms with E-state index in [2.05, 4.69) is 51.8 Å². The fraction of sp³-hybridized carbons (Fsp3) is 0.571. The Bertz CT molecular complexity index is 422. The quantitative estimate of drug-likeness (QED) is 0.773. The maximum absolute atomic E-state index is 10.6. The first kappa shape index (κ1) is 13.6. The number of halogens is 2. The number of aliphatic hydroxyl groups excluding tert-OH is 1. The number of aryl methyl sites for hydroxylation is 1. The van der Waals surface area contributed by atoms with Gasteiger partial charge in [0.2, 0.25) is 0 Å². The third-order valence-electron chi connectivity index (χ3n) is 3.98. The van der Waals surface area contributed by atoms with Gasteiger partial charge in [-0.2, -0.15) is 0 Å². The molecule has 1 nitrogen and oxygen atoms in total. The van der Waals surface area contributed by atoms with Gasteiger partial charge in [0.05, 0.1) is 6.10 Å². The fourth-order valence-corrected chi connectivity index (χ4v) is 3.74. The van der Waals surface area contributed by atoms with Crippen LogP contribution in [0.1, 0.15) is 49.8 Å². The van der Waals surface area contributed by atoms with Crippen molar-refractivity contribution in [3.05, 3.63) is 32.2 Å². The lowest BCUT2D eigenvalue weighted by atomic mass is 9.79. The molecule has 1 saturated carbocycles. The Balaban J connectivity index is 2.36. The SMILES string of the molecule is Cc1cc(Br)c(C(O)C2(C)CCCC2)cc1Br. The van der Waals surface area contributed by atoms with Crippen molar-refractivity contribution in [2.45, 2.75) is 45.6 Å². The van der Waals surface area contributed by atoms with Crippen LogP contribution in [0.3, 0.4) is 0 Å². The molecule has 0 radical (unpaired) electrons. The molecular formula is C14H18Br2O. The molecule has 1 aromatic rings. The summed E-state index contributed by atoms with van der Waals surface area (Å²) in [4.78, 5) is 0. The first-order valence-corrected chi connectivity index (χ1v) is 7.66. The minimum atomic E-state index is -0.378. The third kappa shape index (κ3) is 2.61. The molecule has 0 saturated heterocycles. The molecule has 1 fully saturated rings. The Labute approximate surface area is 120 Å². The summed E-state index contributed by atoms with van der Waals surface area (Å²) < 4.78 is 2.08. The number of hydrogen-bond acceptors (Lipinski definition) is 1. The molecule has 0 aromatic heterocycles. The summed E-state index contributed by atoms with van der Waals surface area (Å²) in [5, 5.41) is 10.6. The molecule has 1 aromatic carbocycles. The van der Waals surface area contributed by atoms with Crippen LogP contribution in [0.5, 0.6) is 0 Å². The molecule has 0 amide bonds. The molecule has 2 rings (SSSR count). The topological polar surface area (TPSA) is 20.2 Å². The van der Waals surface area contributed by atoms with Crippen molar-refractivity contribution in [3.63, 3.8) is 0 Å². The van der Waals surface area contributed by atoms with E-state index in [1.165, 1.54) is 18.4 Å². The van der Waals surface area contributed by atoms with Gasteiger partial charge in [-0.25, -0.2) is 0 Å². The van der Waals surface area contributed by atoms with Crippen LogP contribution in [-0.4, -0.2) is 5.11 Å². The standard InChI is InChI=1S/C14H18Br2O/c1-9-7-12(16)10(8-11(9)15)13(17)14(2)5-3-4-6-14/h7-8,13,17H,3-6H2,1-2H3. The van der Waals surface area contributed by atoms with E-state index in [0.29, 0.717) is 0 Å². The van der Waals surface area contributed by atoms with Gasteiger partial charge in [0, 0.05) is 8.95 Å². The molecule has 94 valence electrons. The number of rotatable bonds is 2. The van der Waals surface area contributed by atoms with E-state index in [-0.39, 0.29) is 11.5 Å². The Morgan fingerprint density at radius 1 is 1.18 bits per heavy atom. The zero-order valence-corrected chi connectivity index (χ0v) is 13.4. The van der Waals surface area contributed by atoms with E-state index < -0.39 is 0 Å². The van der Waals surface area contributed by atoms with Crippen LogP contribution < -0.4 is 0 Å². The van der Waals surface area contributed by atoms with Crippen LogP contribution in [0.4, 0.5) is 0 Å². The second-order valence-electron chi connectivity index (χ2n) is 5.39. The molecule has 1 atom stereocenters. The molecule has 0 heterocycles. The van der Waals surface area contributed by atoms with Crippen LogP contribution in [-0.2, 0) is 0 Å². The van der Waals surface area contributed by atoms with Crippen molar-refractivity contribution < 1.29 is 5.11 Å². The van der Waals surface area contributed by atoms with E-state index in [1.807, 2.05) is 6.07 Å². The Morgan fingerprint density at radius 2 is 1.76 bits per heavy atom. The lowest BCUT2D eigenvalue weighted by Crippen LogP contribution is -2.22. The van der Waals surface area contributed by atoms with Crippen molar-refractivity contribution in [2.75, 3.05) is 0 Å². The monoisotopic (exact) mass is 360 g/mol. The number of aliphatic hydroxyl groups is 1. The van der Waals surface area contributed by atoms with Gasteiger partial charge in [-0.05, 0) is 48.4 Å². The van der Waals surface area contributed by atoms with Gasteiger partial charge in [-0.15, -0.1) is 0 Å². The molecule has 1 unspecified atom stereocenters. The van der Waals surface area contributed by atoms with E-state index >= 15 is 0 Å². The molecule has 1 N–H and O–H groups in total. The summed E-state index contributed by atoms with van der Waals surface area (Å²) in [7, 11) is 0. The predicted octanol–water partition coefficient (Wildman–Crippen LogP) is 5.13. The van der Waals surface area contributed by atoms with Crippen molar-refractivity contribution >= 4 is 31.9 Å². The van der Waals surface area contributed by atoms with Crippen molar-refractivity contribution in [1.82, 2.24) is 0 Å². The third-order valence-corrected chi connectivity index (χ3v) is 5.52. The van der Waals surface area contributed by atoms with Crippen LogP contribution >= 0.6 is 31.9 Å². The maximum atomic E-state index is 10.6. The summed E-state index contributed by atoms with van der Waals surface area (Å²) in [5.74, 6) is 0. The minimum absolute atomic E-state index is 0.0389. The lowest BCUT2D eigenvalue weighted by molar-refractivity contribution is 0.0402. The van der Waals surface area contributed by atoms with Gasteiger partial charge >= 0.3 is 0 Å². The normalized spacial score (nSPS) is 20.5. The molecule has 17 heavy (non-hydrogen) atoms. The van der Waals surface area contributed by atoms with Gasteiger partial charge in [-0.3, -0.25) is 0 Å². The van der Waals surface area contributed by atoms with Gasteiger partial charge in [0.1, 0.15) is 0 Å². The molecule has 1 aliphatic carbocycles. The fourth-order valence-electron chi connectivity index (χ4n) is 2.70. The molecule has 0 aliphatic heterocycles. The zero-order chi connectivity index (χ0) is 12.6. The Kier molecular flexibility index (Phi) is 4.01. The average Bonchev–Trinajstić information content (AvgIpc) is 2.71. The molecule has 1 aliphatic rings. The molecule has 0 spiro atoms. The molecule has 0 bridgehead atoms.